The summed E-state index contributed by atoms with van der Waals surface area (Å²) in [5.74, 6) is -1.80. The van der Waals surface area contributed by atoms with Crippen molar-refractivity contribution in [1.82, 2.24) is 0 Å². The SMILES string of the molecule is CC(C)C1=C[C@@]23CC[C@H]4[C@](C)(CCC[C@@]4(C)C(=O)O)[C@@H]2C[C@H]1[C@@H]1C(=O)N(c2ccc(S(N)(=O)=O)cc2)C(=O)[C@@H]13. The maximum absolute atomic E-state index is 14.3. The summed E-state index contributed by atoms with van der Waals surface area (Å²) in [6, 6.07) is 5.64. The average Bonchev–Trinajstić information content (AvgIpc) is 3.14. The van der Waals surface area contributed by atoms with Crippen LogP contribution in [-0.2, 0) is 24.4 Å². The molecule has 8 atom stereocenters. The second kappa shape index (κ2) is 8.26. The fourth-order valence-electron chi connectivity index (χ4n) is 10.00. The number of nitrogens with zero attached hydrogens (tertiary/aromatic N) is 1. The first-order chi connectivity index (χ1) is 18.2. The maximum Gasteiger partial charge on any atom is 0.309 e. The Morgan fingerprint density at radius 1 is 1.05 bits per heavy atom. The molecule has 4 fully saturated rings. The molecule has 5 aliphatic carbocycles. The first-order valence-electron chi connectivity index (χ1n) is 14.1. The summed E-state index contributed by atoms with van der Waals surface area (Å²) in [6.07, 6.45) is 7.01. The summed E-state index contributed by atoms with van der Waals surface area (Å²) in [5.41, 5.74) is 0.0882. The lowest BCUT2D eigenvalue weighted by atomic mass is 9.34. The van der Waals surface area contributed by atoms with Crippen LogP contribution in [0.3, 0.4) is 0 Å². The van der Waals surface area contributed by atoms with Gasteiger partial charge in [0.05, 0.1) is 27.8 Å². The Hall–Kier alpha value is -2.52. The highest BCUT2D eigenvalue weighted by Gasteiger charge is 2.73. The molecule has 1 aromatic rings. The lowest BCUT2D eigenvalue weighted by Crippen LogP contribution is -2.65. The number of carboxylic acid groups (broad SMARTS) is 1. The third-order valence-corrected chi connectivity index (χ3v) is 12.5. The number of carbonyl (C=O) groups is 3. The van der Waals surface area contributed by atoms with Crippen molar-refractivity contribution in [2.75, 3.05) is 4.90 Å². The minimum absolute atomic E-state index is 0.0228. The van der Waals surface area contributed by atoms with E-state index < -0.39 is 38.7 Å². The van der Waals surface area contributed by atoms with Gasteiger partial charge in [-0.25, -0.2) is 13.6 Å². The van der Waals surface area contributed by atoms with Crippen LogP contribution >= 0.6 is 0 Å². The molecule has 1 spiro atoms. The van der Waals surface area contributed by atoms with Crippen LogP contribution in [0.5, 0.6) is 0 Å². The van der Waals surface area contributed by atoms with E-state index in [-0.39, 0.29) is 45.8 Å². The van der Waals surface area contributed by atoms with Gasteiger partial charge in [-0.1, -0.05) is 38.8 Å². The van der Waals surface area contributed by atoms with Crippen LogP contribution in [0.2, 0.25) is 0 Å². The molecule has 3 saturated carbocycles. The molecule has 2 amide bonds. The zero-order valence-electron chi connectivity index (χ0n) is 23.0. The number of primary sulfonamides is 1. The summed E-state index contributed by atoms with van der Waals surface area (Å²) in [5, 5.41) is 15.5. The lowest BCUT2D eigenvalue weighted by molar-refractivity contribution is -0.194. The maximum atomic E-state index is 14.3. The second-order valence-corrected chi connectivity index (χ2v) is 15.1. The Morgan fingerprint density at radius 3 is 2.31 bits per heavy atom. The zero-order valence-corrected chi connectivity index (χ0v) is 23.8. The number of nitrogens with two attached hydrogens (primary N) is 1. The van der Waals surface area contributed by atoms with Gasteiger partial charge in [-0.05, 0) is 92.4 Å². The molecule has 1 heterocycles. The van der Waals surface area contributed by atoms with E-state index in [1.807, 2.05) is 6.92 Å². The minimum atomic E-state index is -3.90. The number of sulfonamides is 1. The molecular weight excluding hydrogens is 516 g/mol. The van der Waals surface area contributed by atoms with Crippen LogP contribution < -0.4 is 10.0 Å². The van der Waals surface area contributed by atoms with Gasteiger partial charge in [0.25, 0.3) is 0 Å². The third kappa shape index (κ3) is 3.38. The number of carboxylic acids is 1. The normalized spacial score (nSPS) is 41.2. The van der Waals surface area contributed by atoms with Crippen LogP contribution in [0.1, 0.15) is 66.2 Å². The molecule has 1 aromatic carbocycles. The van der Waals surface area contributed by atoms with Gasteiger partial charge >= 0.3 is 5.97 Å². The number of anilines is 1. The Labute approximate surface area is 230 Å². The molecule has 6 aliphatic rings. The van der Waals surface area contributed by atoms with Gasteiger partial charge in [0.1, 0.15) is 0 Å². The smallest absolute Gasteiger partial charge is 0.309 e. The van der Waals surface area contributed by atoms with E-state index in [1.54, 1.807) is 0 Å². The fraction of sp³-hybridized carbons (Fsp3) is 0.633. The van der Waals surface area contributed by atoms with Crippen LogP contribution in [0, 0.1) is 51.8 Å². The Kier molecular flexibility index (Phi) is 5.65. The largest absolute Gasteiger partial charge is 0.481 e. The van der Waals surface area contributed by atoms with Crippen LogP contribution in [0.4, 0.5) is 5.69 Å². The molecule has 1 aliphatic heterocycles. The highest BCUT2D eigenvalue weighted by Crippen LogP contribution is 2.74. The second-order valence-electron chi connectivity index (χ2n) is 13.5. The first-order valence-corrected chi connectivity index (χ1v) is 15.7. The van der Waals surface area contributed by atoms with Crippen molar-refractivity contribution < 1.29 is 27.9 Å². The van der Waals surface area contributed by atoms with Crippen molar-refractivity contribution in [3.05, 3.63) is 35.9 Å². The summed E-state index contributed by atoms with van der Waals surface area (Å²) >= 11 is 0. The van der Waals surface area contributed by atoms with Gasteiger partial charge in [0.2, 0.25) is 21.8 Å². The molecule has 3 N–H and O–H groups in total. The van der Waals surface area contributed by atoms with Crippen molar-refractivity contribution in [3.63, 3.8) is 0 Å². The number of aliphatic carboxylic acids is 1. The molecule has 1 saturated heterocycles. The average molecular weight is 555 g/mol. The number of allylic oxidation sites excluding steroid dienone is 2. The highest BCUT2D eigenvalue weighted by molar-refractivity contribution is 7.89. The molecule has 39 heavy (non-hydrogen) atoms. The quantitative estimate of drug-likeness (QED) is 0.420. The van der Waals surface area contributed by atoms with Crippen LogP contribution in [0.25, 0.3) is 0 Å². The summed E-state index contributed by atoms with van der Waals surface area (Å²) < 4.78 is 23.5. The van der Waals surface area contributed by atoms with Gasteiger partial charge in [-0.15, -0.1) is 0 Å². The number of hydrogen-bond acceptors (Lipinski definition) is 5. The summed E-state index contributed by atoms with van der Waals surface area (Å²) in [7, 11) is -3.90. The molecule has 0 radical (unpaired) electrons. The fourth-order valence-corrected chi connectivity index (χ4v) is 10.5. The molecular formula is C30H38N2O6S. The number of imide groups is 1. The van der Waals surface area contributed by atoms with E-state index in [0.717, 1.165) is 25.7 Å². The topological polar surface area (TPSA) is 135 Å². The minimum Gasteiger partial charge on any atom is -0.481 e. The van der Waals surface area contributed by atoms with Crippen molar-refractivity contribution in [1.29, 1.82) is 0 Å². The van der Waals surface area contributed by atoms with E-state index in [2.05, 4.69) is 26.8 Å². The zero-order chi connectivity index (χ0) is 28.3. The van der Waals surface area contributed by atoms with Crippen molar-refractivity contribution in [2.45, 2.75) is 71.1 Å². The van der Waals surface area contributed by atoms with Crippen molar-refractivity contribution in [2.24, 2.45) is 56.9 Å². The molecule has 2 bridgehead atoms. The monoisotopic (exact) mass is 554 g/mol. The van der Waals surface area contributed by atoms with Gasteiger partial charge in [-0.2, -0.15) is 0 Å². The van der Waals surface area contributed by atoms with Gasteiger partial charge < -0.3 is 5.11 Å². The highest BCUT2D eigenvalue weighted by atomic mass is 32.2. The number of carbonyl (C=O) groups excluding carboxylic acids is 2. The first kappa shape index (κ1) is 26.7. The van der Waals surface area contributed by atoms with Crippen LogP contribution in [0.15, 0.2) is 40.8 Å². The molecule has 8 nitrogen and oxygen atoms in total. The molecule has 0 aromatic heterocycles. The van der Waals surface area contributed by atoms with Crippen molar-refractivity contribution in [3.8, 4) is 0 Å². The Bertz CT molecular complexity index is 1420. The number of amides is 2. The van der Waals surface area contributed by atoms with E-state index in [4.69, 9.17) is 5.14 Å². The Balaban J connectivity index is 1.46. The molecule has 0 unspecified atom stereocenters. The molecule has 9 heteroatoms. The van der Waals surface area contributed by atoms with Crippen molar-refractivity contribution >= 4 is 33.5 Å². The summed E-state index contributed by atoms with van der Waals surface area (Å²) in [6.45, 7) is 8.46. The Morgan fingerprint density at radius 2 is 1.72 bits per heavy atom. The van der Waals surface area contributed by atoms with Gasteiger partial charge in [0.15, 0.2) is 0 Å². The number of rotatable bonds is 4. The third-order valence-electron chi connectivity index (χ3n) is 11.6. The van der Waals surface area contributed by atoms with Gasteiger partial charge in [0, 0.05) is 5.41 Å². The predicted molar refractivity (Wildman–Crippen MR) is 145 cm³/mol. The van der Waals surface area contributed by atoms with E-state index >= 15 is 0 Å². The van der Waals surface area contributed by atoms with E-state index in [1.165, 1.54) is 34.7 Å². The van der Waals surface area contributed by atoms with E-state index in [0.29, 0.717) is 18.5 Å². The number of fused-ring (bicyclic) bond motifs is 1. The number of benzene rings is 1. The lowest BCUT2D eigenvalue weighted by Gasteiger charge is -2.68. The molecule has 210 valence electrons. The summed E-state index contributed by atoms with van der Waals surface area (Å²) in [4.78, 5) is 42.1. The van der Waals surface area contributed by atoms with Crippen LogP contribution in [-0.4, -0.2) is 31.3 Å². The predicted octanol–water partition coefficient (Wildman–Crippen LogP) is 4.35. The van der Waals surface area contributed by atoms with Gasteiger partial charge in [-0.3, -0.25) is 19.3 Å². The van der Waals surface area contributed by atoms with E-state index in [9.17, 15) is 27.9 Å². The standard InChI is InChI=1S/C30H38N2O6S/c1-16(2)20-15-30-13-10-21-28(3,11-5-12-29(21,4)27(35)36)22(30)14-19(20)23-24(30)26(34)32(25(23)33)17-6-8-18(9-7-17)39(31,37)38/h6-9,15-16,19,21-24H,5,10-14H2,1-4H3,(H,35,36)(H2,31,37,38)/t19-,21+,22+,23+,24-,28+,29-,30+/m1/s1. The molecule has 7 rings (SSSR count). The number of hydrogen-bond donors (Lipinski definition) is 2.